The van der Waals surface area contributed by atoms with Gasteiger partial charge in [-0.15, -0.1) is 0 Å². The minimum atomic E-state index is 0.0371. The summed E-state index contributed by atoms with van der Waals surface area (Å²) in [7, 11) is 0. The van der Waals surface area contributed by atoms with Crippen molar-refractivity contribution in [3.63, 3.8) is 0 Å². The molecule has 4 rings (SSSR count). The van der Waals surface area contributed by atoms with E-state index in [1.807, 2.05) is 42.2 Å². The highest BCUT2D eigenvalue weighted by Crippen LogP contribution is 2.22. The summed E-state index contributed by atoms with van der Waals surface area (Å²) >= 11 is 0. The fourth-order valence-electron chi connectivity index (χ4n) is 3.13. The molecule has 24 heavy (non-hydrogen) atoms. The van der Waals surface area contributed by atoms with E-state index in [4.69, 9.17) is 8.94 Å². The Kier molecular flexibility index (Phi) is 3.82. The van der Waals surface area contributed by atoms with Crippen molar-refractivity contribution in [3.8, 4) is 0 Å². The number of carbonyl (C=O) groups is 1. The van der Waals surface area contributed by atoms with Gasteiger partial charge in [0.2, 0.25) is 0 Å². The Hall–Kier alpha value is -2.60. The number of para-hydroxylation sites is 1. The monoisotopic (exact) mass is 325 g/mol. The quantitative estimate of drug-likeness (QED) is 0.741. The van der Waals surface area contributed by atoms with Crippen molar-refractivity contribution in [3.05, 3.63) is 53.6 Å². The Morgan fingerprint density at radius 2 is 2.00 bits per heavy atom. The van der Waals surface area contributed by atoms with Gasteiger partial charge in [0.15, 0.2) is 5.76 Å². The lowest BCUT2D eigenvalue weighted by Gasteiger charge is -2.34. The summed E-state index contributed by atoms with van der Waals surface area (Å²) in [4.78, 5) is 16.9. The molecule has 1 saturated heterocycles. The molecule has 0 spiro atoms. The zero-order valence-electron chi connectivity index (χ0n) is 13.6. The first kappa shape index (κ1) is 15.0. The molecule has 3 heterocycles. The van der Waals surface area contributed by atoms with Crippen molar-refractivity contribution in [1.29, 1.82) is 0 Å². The Balaban J connectivity index is 1.41. The predicted octanol–water partition coefficient (Wildman–Crippen LogP) is 2.69. The lowest BCUT2D eigenvalue weighted by atomic mass is 10.1. The fourth-order valence-corrected chi connectivity index (χ4v) is 3.13. The highest BCUT2D eigenvalue weighted by Gasteiger charge is 2.25. The number of carbonyl (C=O) groups excluding carboxylic acids is 1. The summed E-state index contributed by atoms with van der Waals surface area (Å²) in [6.07, 6.45) is 1.57. The molecule has 0 unspecified atom stereocenters. The summed E-state index contributed by atoms with van der Waals surface area (Å²) < 4.78 is 10.7. The van der Waals surface area contributed by atoms with Crippen LogP contribution >= 0.6 is 0 Å². The number of amides is 1. The molecule has 0 N–H and O–H groups in total. The van der Waals surface area contributed by atoms with Crippen molar-refractivity contribution in [1.82, 2.24) is 15.0 Å². The van der Waals surface area contributed by atoms with Crippen LogP contribution in [-0.2, 0) is 6.54 Å². The van der Waals surface area contributed by atoms with Crippen LogP contribution in [0.5, 0.6) is 0 Å². The van der Waals surface area contributed by atoms with Crippen LogP contribution in [-0.4, -0.2) is 47.0 Å². The maximum Gasteiger partial charge on any atom is 0.257 e. The number of fused-ring (bicyclic) bond motifs is 1. The van der Waals surface area contributed by atoms with Gasteiger partial charge in [0.25, 0.3) is 5.91 Å². The zero-order valence-corrected chi connectivity index (χ0v) is 13.6. The Labute approximate surface area is 139 Å². The van der Waals surface area contributed by atoms with Gasteiger partial charge in [0.1, 0.15) is 11.8 Å². The van der Waals surface area contributed by atoms with Crippen LogP contribution in [0, 0.1) is 6.92 Å². The van der Waals surface area contributed by atoms with E-state index in [-0.39, 0.29) is 5.91 Å². The van der Waals surface area contributed by atoms with Crippen LogP contribution in [0.1, 0.15) is 21.8 Å². The van der Waals surface area contributed by atoms with E-state index < -0.39 is 0 Å². The molecule has 6 nitrogen and oxygen atoms in total. The number of benzene rings is 1. The third kappa shape index (κ3) is 2.80. The summed E-state index contributed by atoms with van der Waals surface area (Å²) in [6, 6.07) is 9.59. The molecule has 3 aromatic rings. The maximum absolute atomic E-state index is 12.8. The van der Waals surface area contributed by atoms with Gasteiger partial charge in [-0.2, -0.15) is 0 Å². The standard InChI is InChI=1S/C18H19N3O3/c1-13-10-14(24-19-13)11-20-6-8-21(9-7-20)18(22)16-12-23-17-5-3-2-4-15(16)17/h2-5,10,12H,6-9,11H2,1H3. The van der Waals surface area contributed by atoms with Crippen LogP contribution in [0.4, 0.5) is 0 Å². The van der Waals surface area contributed by atoms with Crippen LogP contribution in [0.3, 0.4) is 0 Å². The highest BCUT2D eigenvalue weighted by molar-refractivity contribution is 6.05. The molecule has 1 amide bonds. The second-order valence-electron chi connectivity index (χ2n) is 6.15. The number of piperazine rings is 1. The first-order valence-corrected chi connectivity index (χ1v) is 8.11. The van der Waals surface area contributed by atoms with E-state index in [0.29, 0.717) is 18.7 Å². The lowest BCUT2D eigenvalue weighted by molar-refractivity contribution is 0.0618. The number of aromatic nitrogens is 1. The summed E-state index contributed by atoms with van der Waals surface area (Å²) in [5.74, 6) is 0.906. The molecule has 1 aliphatic heterocycles. The van der Waals surface area contributed by atoms with Crippen molar-refractivity contribution >= 4 is 16.9 Å². The van der Waals surface area contributed by atoms with E-state index in [1.165, 1.54) is 0 Å². The molecule has 2 aromatic heterocycles. The molecule has 1 aromatic carbocycles. The van der Waals surface area contributed by atoms with Gasteiger partial charge in [-0.25, -0.2) is 0 Å². The molecule has 0 saturated carbocycles. The largest absolute Gasteiger partial charge is 0.463 e. The molecule has 1 aliphatic rings. The van der Waals surface area contributed by atoms with Crippen molar-refractivity contribution in [2.75, 3.05) is 26.2 Å². The Bertz CT molecular complexity index is 859. The molecule has 0 bridgehead atoms. The molecular weight excluding hydrogens is 306 g/mol. The Morgan fingerprint density at radius 3 is 2.75 bits per heavy atom. The third-order valence-electron chi connectivity index (χ3n) is 4.43. The van der Waals surface area contributed by atoms with E-state index in [2.05, 4.69) is 10.1 Å². The van der Waals surface area contributed by atoms with Crippen molar-refractivity contribution in [2.24, 2.45) is 0 Å². The minimum absolute atomic E-state index is 0.0371. The average Bonchev–Trinajstić information content (AvgIpc) is 3.21. The summed E-state index contributed by atoms with van der Waals surface area (Å²) in [6.45, 7) is 5.69. The smallest absolute Gasteiger partial charge is 0.257 e. The summed E-state index contributed by atoms with van der Waals surface area (Å²) in [5.41, 5.74) is 2.29. The lowest BCUT2D eigenvalue weighted by Crippen LogP contribution is -2.48. The van der Waals surface area contributed by atoms with Gasteiger partial charge in [0, 0.05) is 37.6 Å². The van der Waals surface area contributed by atoms with E-state index in [1.54, 1.807) is 6.26 Å². The van der Waals surface area contributed by atoms with Crippen LogP contribution in [0.15, 0.2) is 45.5 Å². The van der Waals surface area contributed by atoms with Gasteiger partial charge in [-0.3, -0.25) is 9.69 Å². The number of aryl methyl sites for hydroxylation is 1. The number of hydrogen-bond donors (Lipinski definition) is 0. The van der Waals surface area contributed by atoms with E-state index >= 15 is 0 Å². The second kappa shape index (κ2) is 6.13. The molecule has 0 aliphatic carbocycles. The van der Waals surface area contributed by atoms with Gasteiger partial charge in [0.05, 0.1) is 17.8 Å². The minimum Gasteiger partial charge on any atom is -0.463 e. The fraction of sp³-hybridized carbons (Fsp3) is 0.333. The molecular formula is C18H19N3O3. The van der Waals surface area contributed by atoms with Crippen molar-refractivity contribution in [2.45, 2.75) is 13.5 Å². The highest BCUT2D eigenvalue weighted by atomic mass is 16.5. The van der Waals surface area contributed by atoms with Gasteiger partial charge in [-0.05, 0) is 13.0 Å². The number of nitrogens with zero attached hydrogens (tertiary/aromatic N) is 3. The van der Waals surface area contributed by atoms with E-state index in [0.717, 1.165) is 42.1 Å². The average molecular weight is 325 g/mol. The molecule has 0 atom stereocenters. The number of rotatable bonds is 3. The van der Waals surface area contributed by atoms with Crippen LogP contribution < -0.4 is 0 Å². The molecule has 0 radical (unpaired) electrons. The number of furan rings is 1. The zero-order chi connectivity index (χ0) is 16.5. The first-order chi connectivity index (χ1) is 11.7. The Morgan fingerprint density at radius 1 is 1.21 bits per heavy atom. The maximum atomic E-state index is 12.8. The first-order valence-electron chi connectivity index (χ1n) is 8.11. The summed E-state index contributed by atoms with van der Waals surface area (Å²) in [5, 5.41) is 4.79. The van der Waals surface area contributed by atoms with Crippen molar-refractivity contribution < 1.29 is 13.7 Å². The molecule has 6 heteroatoms. The number of hydrogen-bond acceptors (Lipinski definition) is 5. The molecule has 124 valence electrons. The third-order valence-corrected chi connectivity index (χ3v) is 4.43. The van der Waals surface area contributed by atoms with E-state index in [9.17, 15) is 4.79 Å². The predicted molar refractivity (Wildman–Crippen MR) is 88.6 cm³/mol. The SMILES string of the molecule is Cc1cc(CN2CCN(C(=O)c3coc4ccccc34)CC2)on1. The molecule has 1 fully saturated rings. The topological polar surface area (TPSA) is 62.7 Å². The van der Waals surface area contributed by atoms with Gasteiger partial charge >= 0.3 is 0 Å². The van der Waals surface area contributed by atoms with Crippen LogP contribution in [0.25, 0.3) is 11.0 Å². The second-order valence-corrected chi connectivity index (χ2v) is 6.15. The van der Waals surface area contributed by atoms with Gasteiger partial charge < -0.3 is 13.8 Å². The van der Waals surface area contributed by atoms with Gasteiger partial charge in [-0.1, -0.05) is 23.4 Å². The normalized spacial score (nSPS) is 16.0. The van der Waals surface area contributed by atoms with Crippen LogP contribution in [0.2, 0.25) is 0 Å².